The molecule has 1 aliphatic carbocycles. The average Bonchev–Trinajstić information content (AvgIpc) is 3.06. The summed E-state index contributed by atoms with van der Waals surface area (Å²) >= 11 is 0. The Bertz CT molecular complexity index is 212. The van der Waals surface area contributed by atoms with Crippen molar-refractivity contribution in [1.29, 1.82) is 0 Å². The molecule has 4 atom stereocenters. The van der Waals surface area contributed by atoms with Gasteiger partial charge in [-0.25, -0.2) is 0 Å². The van der Waals surface area contributed by atoms with Gasteiger partial charge in [-0.2, -0.15) is 0 Å². The molecule has 0 spiro atoms. The Morgan fingerprint density at radius 3 is 2.88 bits per heavy atom. The second kappa shape index (κ2) is 6.14. The van der Waals surface area contributed by atoms with Gasteiger partial charge in [0.05, 0.1) is 34.1 Å². The molecule has 1 heterocycles. The molecule has 3 nitrogen and oxygen atoms in total. The summed E-state index contributed by atoms with van der Waals surface area (Å²) in [6.45, 7) is 0.779. The molecule has 2 fully saturated rings. The molecule has 0 amide bonds. The minimum atomic E-state index is -0.122. The predicted molar refractivity (Wildman–Crippen MR) is 66.6 cm³/mol. The van der Waals surface area contributed by atoms with Gasteiger partial charge in [0.1, 0.15) is 0 Å². The standard InChI is InChI=1S/C12H24O3Si/c1-13-8-12(14-2)16-6-5-9-3-4-10-11(7-9)15-10/h9-12H,3-8,16H2,1-2H3. The molecule has 0 aromatic rings. The monoisotopic (exact) mass is 244 g/mol. The van der Waals surface area contributed by atoms with Crippen LogP contribution in [-0.4, -0.2) is 48.3 Å². The zero-order valence-electron chi connectivity index (χ0n) is 10.5. The zero-order valence-corrected chi connectivity index (χ0v) is 11.9. The van der Waals surface area contributed by atoms with Gasteiger partial charge in [-0.15, -0.1) is 0 Å². The maximum Gasteiger partial charge on any atom is 0.0844 e. The highest BCUT2D eigenvalue weighted by Gasteiger charge is 2.43. The van der Waals surface area contributed by atoms with E-state index in [0.29, 0.717) is 17.9 Å². The molecule has 0 aromatic carbocycles. The molecular formula is C12H24O3Si. The van der Waals surface area contributed by atoms with Gasteiger partial charge in [-0.3, -0.25) is 0 Å². The summed E-state index contributed by atoms with van der Waals surface area (Å²) in [5.74, 6) is 0.927. The van der Waals surface area contributed by atoms with E-state index in [9.17, 15) is 0 Å². The summed E-state index contributed by atoms with van der Waals surface area (Å²) in [6.07, 6.45) is 6.69. The lowest BCUT2D eigenvalue weighted by Crippen LogP contribution is -2.25. The van der Waals surface area contributed by atoms with Crippen LogP contribution in [0.1, 0.15) is 25.7 Å². The molecule has 1 saturated carbocycles. The molecule has 16 heavy (non-hydrogen) atoms. The van der Waals surface area contributed by atoms with E-state index in [0.717, 1.165) is 12.5 Å². The molecule has 1 aliphatic heterocycles. The van der Waals surface area contributed by atoms with Crippen LogP contribution in [0.5, 0.6) is 0 Å². The summed E-state index contributed by atoms with van der Waals surface area (Å²) in [5, 5.41) is 0. The van der Waals surface area contributed by atoms with Gasteiger partial charge < -0.3 is 14.2 Å². The van der Waals surface area contributed by atoms with Crippen LogP contribution in [0.4, 0.5) is 0 Å². The maximum absolute atomic E-state index is 5.56. The number of hydrogen-bond acceptors (Lipinski definition) is 3. The van der Waals surface area contributed by atoms with Gasteiger partial charge in [-0.05, 0) is 25.2 Å². The molecule has 0 aromatic heterocycles. The van der Waals surface area contributed by atoms with E-state index in [1.807, 2.05) is 0 Å². The summed E-state index contributed by atoms with van der Waals surface area (Å²) in [7, 11) is 3.44. The van der Waals surface area contributed by atoms with Crippen LogP contribution in [0.25, 0.3) is 0 Å². The lowest BCUT2D eigenvalue weighted by Gasteiger charge is -2.20. The fraction of sp³-hybridized carbons (Fsp3) is 1.00. The van der Waals surface area contributed by atoms with Crippen molar-refractivity contribution < 1.29 is 14.2 Å². The lowest BCUT2D eigenvalue weighted by atomic mass is 9.88. The summed E-state index contributed by atoms with van der Waals surface area (Å²) < 4.78 is 16.1. The fourth-order valence-corrected chi connectivity index (χ4v) is 4.74. The minimum absolute atomic E-state index is 0.122. The quantitative estimate of drug-likeness (QED) is 0.497. The van der Waals surface area contributed by atoms with Gasteiger partial charge >= 0.3 is 0 Å². The second-order valence-electron chi connectivity index (χ2n) is 5.14. The van der Waals surface area contributed by atoms with Gasteiger partial charge in [0.15, 0.2) is 0 Å². The third-order valence-corrected chi connectivity index (χ3v) is 5.97. The van der Waals surface area contributed by atoms with E-state index < -0.39 is 0 Å². The average molecular weight is 244 g/mol. The van der Waals surface area contributed by atoms with Crippen LogP contribution in [-0.2, 0) is 14.2 Å². The first-order valence-corrected chi connectivity index (χ1v) is 8.32. The van der Waals surface area contributed by atoms with Crippen LogP contribution in [0.15, 0.2) is 0 Å². The molecule has 1 saturated heterocycles. The largest absolute Gasteiger partial charge is 0.383 e. The van der Waals surface area contributed by atoms with Crippen molar-refractivity contribution in [3.05, 3.63) is 0 Å². The van der Waals surface area contributed by atoms with E-state index in [-0.39, 0.29) is 9.52 Å². The highest BCUT2D eigenvalue weighted by atomic mass is 28.2. The van der Waals surface area contributed by atoms with Crippen LogP contribution in [0.2, 0.25) is 6.04 Å². The van der Waals surface area contributed by atoms with Crippen LogP contribution in [0.3, 0.4) is 0 Å². The Kier molecular flexibility index (Phi) is 4.82. The van der Waals surface area contributed by atoms with Crippen LogP contribution in [0, 0.1) is 5.92 Å². The Hall–Kier alpha value is 0.0969. The van der Waals surface area contributed by atoms with Crippen LogP contribution < -0.4 is 0 Å². The third kappa shape index (κ3) is 3.55. The summed E-state index contributed by atoms with van der Waals surface area (Å²) in [6, 6.07) is 1.39. The first kappa shape index (κ1) is 12.6. The summed E-state index contributed by atoms with van der Waals surface area (Å²) in [4.78, 5) is 0. The third-order valence-electron chi connectivity index (χ3n) is 3.94. The number of ether oxygens (including phenoxy) is 3. The van der Waals surface area contributed by atoms with Crippen molar-refractivity contribution in [3.8, 4) is 0 Å². The molecule has 4 heteroatoms. The molecular weight excluding hydrogens is 220 g/mol. The predicted octanol–water partition coefficient (Wildman–Crippen LogP) is 1.15. The number of hydrogen-bond donors (Lipinski definition) is 0. The van der Waals surface area contributed by atoms with Gasteiger partial charge in [0.2, 0.25) is 0 Å². The van der Waals surface area contributed by atoms with Crippen molar-refractivity contribution in [3.63, 3.8) is 0 Å². The lowest BCUT2D eigenvalue weighted by molar-refractivity contribution is 0.0740. The van der Waals surface area contributed by atoms with E-state index in [1.54, 1.807) is 14.2 Å². The Morgan fingerprint density at radius 2 is 2.19 bits per heavy atom. The van der Waals surface area contributed by atoms with E-state index in [4.69, 9.17) is 14.2 Å². The molecule has 2 aliphatic rings. The topological polar surface area (TPSA) is 31.0 Å². The first-order valence-electron chi connectivity index (χ1n) is 6.50. The van der Waals surface area contributed by atoms with Crippen molar-refractivity contribution in [2.24, 2.45) is 5.92 Å². The minimum Gasteiger partial charge on any atom is -0.383 e. The number of methoxy groups -OCH3 is 2. The highest BCUT2D eigenvalue weighted by molar-refractivity contribution is 6.37. The molecule has 94 valence electrons. The van der Waals surface area contributed by atoms with Crippen molar-refractivity contribution in [1.82, 2.24) is 0 Å². The highest BCUT2D eigenvalue weighted by Crippen LogP contribution is 2.40. The Labute approximate surface area is 101 Å². The fourth-order valence-electron chi connectivity index (χ4n) is 2.84. The maximum atomic E-state index is 5.56. The van der Waals surface area contributed by atoms with Crippen molar-refractivity contribution in [2.45, 2.75) is 49.7 Å². The van der Waals surface area contributed by atoms with Gasteiger partial charge in [-0.1, -0.05) is 12.5 Å². The van der Waals surface area contributed by atoms with Gasteiger partial charge in [0, 0.05) is 14.2 Å². The zero-order chi connectivity index (χ0) is 11.4. The van der Waals surface area contributed by atoms with Crippen LogP contribution >= 0.6 is 0 Å². The molecule has 0 radical (unpaired) electrons. The molecule has 0 N–H and O–H groups in total. The molecule has 2 rings (SSSR count). The van der Waals surface area contributed by atoms with Gasteiger partial charge in [0.25, 0.3) is 0 Å². The van der Waals surface area contributed by atoms with E-state index >= 15 is 0 Å². The molecule has 0 bridgehead atoms. The normalized spacial score (nSPS) is 35.2. The first-order chi connectivity index (χ1) is 7.83. The number of rotatable bonds is 7. The summed E-state index contributed by atoms with van der Waals surface area (Å²) in [5.41, 5.74) is 0.415. The van der Waals surface area contributed by atoms with E-state index in [1.165, 1.54) is 31.7 Å². The number of epoxide rings is 1. The van der Waals surface area contributed by atoms with Crippen molar-refractivity contribution in [2.75, 3.05) is 20.8 Å². The smallest absolute Gasteiger partial charge is 0.0844 e. The SMILES string of the molecule is COCC(OC)[SiH2]CCC1CCC2OC2C1. The Balaban J connectivity index is 1.56. The number of fused-ring (bicyclic) bond motifs is 1. The molecule has 4 unspecified atom stereocenters. The van der Waals surface area contributed by atoms with E-state index in [2.05, 4.69) is 0 Å². The van der Waals surface area contributed by atoms with Crippen molar-refractivity contribution >= 4 is 9.52 Å². The second-order valence-corrected chi connectivity index (χ2v) is 7.33. The Morgan fingerprint density at radius 1 is 1.31 bits per heavy atom.